The van der Waals surface area contributed by atoms with Crippen LogP contribution < -0.4 is 16.0 Å². The van der Waals surface area contributed by atoms with E-state index in [1.54, 1.807) is 13.0 Å². The third-order valence-corrected chi connectivity index (χ3v) is 1.84. The summed E-state index contributed by atoms with van der Waals surface area (Å²) in [6, 6.07) is 1.23. The quantitative estimate of drug-likeness (QED) is 0.703. The van der Waals surface area contributed by atoms with Gasteiger partial charge in [-0.15, -0.1) is 0 Å². The number of hydrogen-bond acceptors (Lipinski definition) is 4. The second-order valence-electron chi connectivity index (χ2n) is 3.48. The van der Waals surface area contributed by atoms with Crippen molar-refractivity contribution in [2.24, 2.45) is 0 Å². The van der Waals surface area contributed by atoms with Crippen LogP contribution in [0.25, 0.3) is 0 Å². The molecule has 0 aliphatic heterocycles. The molecule has 0 aromatic carbocycles. The maximum Gasteiger partial charge on any atom is 0.315 e. The first-order chi connectivity index (χ1) is 8.11. The number of carbonyl (C=O) groups excluding carboxylic acids is 2. The largest absolute Gasteiger partial charge is 0.360 e. The summed E-state index contributed by atoms with van der Waals surface area (Å²) in [5.74, 6) is 0.585. The van der Waals surface area contributed by atoms with Gasteiger partial charge in [0.05, 0.1) is 6.54 Å². The standard InChI is InChI=1S/C10H16N4O3/c1-3-4-11-10(16)12-6-9(15)13-8-5-7(2)17-14-8/h5H,3-4,6H2,1-2H3,(H2,11,12,16)(H,13,14,15). The zero-order valence-corrected chi connectivity index (χ0v) is 9.87. The Morgan fingerprint density at radius 1 is 1.41 bits per heavy atom. The van der Waals surface area contributed by atoms with Crippen LogP contribution in [0.4, 0.5) is 10.6 Å². The van der Waals surface area contributed by atoms with Crippen LogP contribution in [0.15, 0.2) is 10.6 Å². The van der Waals surface area contributed by atoms with Crippen LogP contribution in [0.3, 0.4) is 0 Å². The van der Waals surface area contributed by atoms with Crippen molar-refractivity contribution in [3.8, 4) is 0 Å². The number of aromatic nitrogens is 1. The van der Waals surface area contributed by atoms with Gasteiger partial charge in [-0.1, -0.05) is 12.1 Å². The van der Waals surface area contributed by atoms with Gasteiger partial charge < -0.3 is 20.5 Å². The summed E-state index contributed by atoms with van der Waals surface area (Å²) in [6.45, 7) is 4.14. The van der Waals surface area contributed by atoms with Crippen LogP contribution in [-0.2, 0) is 4.79 Å². The number of nitrogens with one attached hydrogen (secondary N) is 3. The molecule has 1 aromatic rings. The van der Waals surface area contributed by atoms with Crippen LogP contribution in [0, 0.1) is 6.92 Å². The Labute approximate surface area is 98.9 Å². The van der Waals surface area contributed by atoms with Crippen molar-refractivity contribution in [2.45, 2.75) is 20.3 Å². The fourth-order valence-corrected chi connectivity index (χ4v) is 1.07. The number of nitrogens with zero attached hydrogens (tertiary/aromatic N) is 1. The molecule has 7 nitrogen and oxygen atoms in total. The molecule has 0 fully saturated rings. The second kappa shape index (κ2) is 6.51. The van der Waals surface area contributed by atoms with Crippen molar-refractivity contribution in [3.63, 3.8) is 0 Å². The summed E-state index contributed by atoms with van der Waals surface area (Å²) in [7, 11) is 0. The smallest absolute Gasteiger partial charge is 0.315 e. The molecule has 0 unspecified atom stereocenters. The third kappa shape index (κ3) is 5.01. The Morgan fingerprint density at radius 2 is 2.18 bits per heavy atom. The molecule has 3 N–H and O–H groups in total. The molecule has 1 rings (SSSR count). The molecule has 0 aliphatic rings. The van der Waals surface area contributed by atoms with Crippen molar-refractivity contribution in [3.05, 3.63) is 11.8 Å². The molecule has 0 saturated carbocycles. The predicted molar refractivity (Wildman–Crippen MR) is 61.6 cm³/mol. The van der Waals surface area contributed by atoms with Gasteiger partial charge in [0.1, 0.15) is 5.76 Å². The molecule has 1 aromatic heterocycles. The first-order valence-corrected chi connectivity index (χ1v) is 5.36. The number of aryl methyl sites for hydroxylation is 1. The number of urea groups is 1. The maximum atomic E-state index is 11.4. The van der Waals surface area contributed by atoms with Crippen molar-refractivity contribution in [1.82, 2.24) is 15.8 Å². The molecule has 0 bridgehead atoms. The molecular formula is C10H16N4O3. The van der Waals surface area contributed by atoms with Gasteiger partial charge in [0, 0.05) is 12.6 Å². The first-order valence-electron chi connectivity index (χ1n) is 5.36. The lowest BCUT2D eigenvalue weighted by Crippen LogP contribution is -2.40. The Balaban J connectivity index is 2.23. The van der Waals surface area contributed by atoms with E-state index in [4.69, 9.17) is 4.52 Å². The zero-order valence-electron chi connectivity index (χ0n) is 9.87. The molecule has 0 radical (unpaired) electrons. The van der Waals surface area contributed by atoms with E-state index in [0.717, 1.165) is 6.42 Å². The molecule has 0 spiro atoms. The Morgan fingerprint density at radius 3 is 2.76 bits per heavy atom. The second-order valence-corrected chi connectivity index (χ2v) is 3.48. The Bertz CT molecular complexity index is 389. The Hall–Kier alpha value is -2.05. The number of amides is 3. The fourth-order valence-electron chi connectivity index (χ4n) is 1.07. The number of rotatable bonds is 5. The minimum Gasteiger partial charge on any atom is -0.360 e. The molecule has 0 aliphatic carbocycles. The van der Waals surface area contributed by atoms with Gasteiger partial charge >= 0.3 is 6.03 Å². The summed E-state index contributed by atoms with van der Waals surface area (Å²) in [5, 5.41) is 11.1. The van der Waals surface area contributed by atoms with Gasteiger partial charge in [0.2, 0.25) is 5.91 Å². The van der Waals surface area contributed by atoms with Crippen LogP contribution in [0.1, 0.15) is 19.1 Å². The summed E-state index contributed by atoms with van der Waals surface area (Å²) < 4.78 is 4.78. The fraction of sp³-hybridized carbons (Fsp3) is 0.500. The highest BCUT2D eigenvalue weighted by Crippen LogP contribution is 2.05. The first kappa shape index (κ1) is 13.0. The Kier molecular flexibility index (Phi) is 4.99. The van der Waals surface area contributed by atoms with Crippen LogP contribution >= 0.6 is 0 Å². The van der Waals surface area contributed by atoms with Crippen LogP contribution in [0.2, 0.25) is 0 Å². The molecule has 7 heteroatoms. The van der Waals surface area contributed by atoms with E-state index < -0.39 is 0 Å². The molecule has 0 saturated heterocycles. The van der Waals surface area contributed by atoms with Gasteiger partial charge in [-0.2, -0.15) is 0 Å². The van der Waals surface area contributed by atoms with E-state index in [1.807, 2.05) is 6.92 Å². The van der Waals surface area contributed by atoms with E-state index in [0.29, 0.717) is 18.1 Å². The molecule has 17 heavy (non-hydrogen) atoms. The highest BCUT2D eigenvalue weighted by Gasteiger charge is 2.07. The van der Waals surface area contributed by atoms with Crippen LogP contribution in [-0.4, -0.2) is 30.2 Å². The lowest BCUT2D eigenvalue weighted by molar-refractivity contribution is -0.115. The van der Waals surface area contributed by atoms with Gasteiger partial charge in [0.25, 0.3) is 0 Å². The van der Waals surface area contributed by atoms with Crippen molar-refractivity contribution in [2.75, 3.05) is 18.4 Å². The summed E-state index contributed by atoms with van der Waals surface area (Å²) in [4.78, 5) is 22.5. The monoisotopic (exact) mass is 240 g/mol. The van der Waals surface area contributed by atoms with Gasteiger partial charge in [-0.3, -0.25) is 4.79 Å². The summed E-state index contributed by atoms with van der Waals surface area (Å²) in [6.07, 6.45) is 0.845. The minimum absolute atomic E-state index is 0.110. The van der Waals surface area contributed by atoms with Crippen molar-refractivity contribution in [1.29, 1.82) is 0 Å². The van der Waals surface area contributed by atoms with E-state index in [-0.39, 0.29) is 18.5 Å². The lowest BCUT2D eigenvalue weighted by Gasteiger charge is -2.05. The highest BCUT2D eigenvalue weighted by molar-refractivity contribution is 5.93. The van der Waals surface area contributed by atoms with E-state index in [1.165, 1.54) is 0 Å². The third-order valence-electron chi connectivity index (χ3n) is 1.84. The lowest BCUT2D eigenvalue weighted by atomic mass is 10.4. The maximum absolute atomic E-state index is 11.4. The van der Waals surface area contributed by atoms with Gasteiger partial charge in [-0.25, -0.2) is 4.79 Å². The summed E-state index contributed by atoms with van der Waals surface area (Å²) >= 11 is 0. The van der Waals surface area contributed by atoms with Gasteiger partial charge in [-0.05, 0) is 13.3 Å². The number of anilines is 1. The minimum atomic E-state index is -0.363. The molecule has 3 amide bonds. The van der Waals surface area contributed by atoms with E-state index in [2.05, 4.69) is 21.1 Å². The number of carbonyl (C=O) groups is 2. The van der Waals surface area contributed by atoms with Crippen molar-refractivity contribution < 1.29 is 14.1 Å². The van der Waals surface area contributed by atoms with Crippen molar-refractivity contribution >= 4 is 17.8 Å². The predicted octanol–water partition coefficient (Wildman–Crippen LogP) is 0.631. The molecule has 94 valence electrons. The topological polar surface area (TPSA) is 96.3 Å². The van der Waals surface area contributed by atoms with E-state index >= 15 is 0 Å². The average Bonchev–Trinajstić information content (AvgIpc) is 2.69. The molecular weight excluding hydrogens is 224 g/mol. The van der Waals surface area contributed by atoms with Crippen LogP contribution in [0.5, 0.6) is 0 Å². The normalized spacial score (nSPS) is 9.76. The molecule has 0 atom stereocenters. The summed E-state index contributed by atoms with van der Waals surface area (Å²) in [5.41, 5.74) is 0. The van der Waals surface area contributed by atoms with Gasteiger partial charge in [0.15, 0.2) is 5.82 Å². The zero-order chi connectivity index (χ0) is 12.7. The highest BCUT2D eigenvalue weighted by atomic mass is 16.5. The average molecular weight is 240 g/mol. The molecule has 1 heterocycles. The van der Waals surface area contributed by atoms with E-state index in [9.17, 15) is 9.59 Å². The SMILES string of the molecule is CCCNC(=O)NCC(=O)Nc1cc(C)on1. The number of hydrogen-bond donors (Lipinski definition) is 3.